The fourth-order valence-corrected chi connectivity index (χ4v) is 19.8. The van der Waals surface area contributed by atoms with Crippen LogP contribution in [0.3, 0.4) is 0 Å². The Bertz CT molecular complexity index is 1350. The normalized spacial score (nSPS) is 43.8. The zero-order chi connectivity index (χ0) is 42.7. The summed E-state index contributed by atoms with van der Waals surface area (Å²) in [4.78, 5) is 6.77. The van der Waals surface area contributed by atoms with Crippen molar-refractivity contribution in [2.24, 2.45) is 71.0 Å². The molecule has 11 aliphatic rings. The third-order valence-corrected chi connectivity index (χ3v) is 22.9. The lowest BCUT2D eigenvalue weighted by Gasteiger charge is -2.59. The molecule has 0 N–H and O–H groups in total. The molecular weight excluding hydrogens is 773 g/mol. The number of hydrogen-bond donors (Lipinski definition) is 0. The van der Waals surface area contributed by atoms with E-state index in [9.17, 15) is 0 Å². The molecule has 11 aliphatic carbocycles. The van der Waals surface area contributed by atoms with Gasteiger partial charge in [-0.15, -0.1) is 0 Å². The lowest BCUT2D eigenvalue weighted by Crippen LogP contribution is -2.58. The van der Waals surface area contributed by atoms with Crippen molar-refractivity contribution < 1.29 is 0 Å². The van der Waals surface area contributed by atoms with E-state index in [0.29, 0.717) is 0 Å². The largest absolute Gasteiger partial charge is 0.294 e. The van der Waals surface area contributed by atoms with E-state index in [1.54, 1.807) is 77.0 Å². The van der Waals surface area contributed by atoms with Gasteiger partial charge in [0.2, 0.25) is 0 Å². The average Bonchev–Trinajstić information content (AvgIpc) is 3.36. The molecule has 0 radical (unpaired) electrons. The van der Waals surface area contributed by atoms with E-state index >= 15 is 0 Å². The van der Waals surface area contributed by atoms with E-state index < -0.39 is 0 Å². The molecule has 0 aromatic rings. The topological polar surface area (TPSA) is 6.48 Å². The first-order chi connectivity index (χ1) is 31.7. The van der Waals surface area contributed by atoms with Crippen LogP contribution in [0.25, 0.3) is 0 Å². The van der Waals surface area contributed by atoms with Crippen molar-refractivity contribution in [3.63, 3.8) is 0 Å². The Hall–Kier alpha value is -0.600. The van der Waals surface area contributed by atoms with E-state index in [4.69, 9.17) is 0 Å². The summed E-state index contributed by atoms with van der Waals surface area (Å²) >= 11 is 0. The van der Waals surface area contributed by atoms with Crippen LogP contribution >= 0.6 is 0 Å². The van der Waals surface area contributed by atoms with Crippen LogP contribution in [0.1, 0.15) is 257 Å². The third kappa shape index (κ3) is 10.6. The molecular formula is C62H102N2. The number of allylic oxidation sites excluding steroid dienone is 4. The van der Waals surface area contributed by atoms with Gasteiger partial charge in [0, 0.05) is 36.3 Å². The average molecular weight is 876 g/mol. The van der Waals surface area contributed by atoms with Crippen molar-refractivity contribution in [1.29, 1.82) is 0 Å². The van der Waals surface area contributed by atoms with Crippen LogP contribution in [0.15, 0.2) is 24.3 Å². The first kappa shape index (κ1) is 45.8. The Kier molecular flexibility index (Phi) is 15.8. The molecule has 0 aliphatic heterocycles. The van der Waals surface area contributed by atoms with Crippen LogP contribution in [-0.2, 0) is 0 Å². The maximum absolute atomic E-state index is 3.38. The van der Waals surface area contributed by atoms with Gasteiger partial charge in [-0.25, -0.2) is 0 Å². The summed E-state index contributed by atoms with van der Waals surface area (Å²) in [5.41, 5.74) is 0. The van der Waals surface area contributed by atoms with Gasteiger partial charge in [0.05, 0.1) is 0 Å². The highest BCUT2D eigenvalue weighted by atomic mass is 15.2. The molecule has 0 saturated heterocycles. The summed E-state index contributed by atoms with van der Waals surface area (Å²) < 4.78 is 0. The SMILES string of the molecule is C(=C\C1CCC(N(C2CCCCC2)C2CCCC3CC4CC5CC6C(CCCC6N(C6CCCCC6)C6CCC(/C=C/C7CCCCC7)CC6)CC5CC4CC32)CC1)/C1CCCCC1. The Balaban J connectivity index is 0.743. The van der Waals surface area contributed by atoms with Gasteiger partial charge in [-0.05, 0) is 225 Å². The quantitative estimate of drug-likeness (QED) is 0.202. The van der Waals surface area contributed by atoms with Crippen LogP contribution in [-0.4, -0.2) is 46.1 Å². The second-order valence-corrected chi connectivity index (χ2v) is 26.5. The molecule has 2 heteroatoms. The number of rotatable bonds is 10. The lowest BCUT2D eigenvalue weighted by molar-refractivity contribution is -0.0927. The fourth-order valence-electron chi connectivity index (χ4n) is 19.8. The minimum Gasteiger partial charge on any atom is -0.294 e. The highest BCUT2D eigenvalue weighted by molar-refractivity contribution is 5.07. The molecule has 0 aromatic carbocycles. The Morgan fingerprint density at radius 1 is 0.219 bits per heavy atom. The molecule has 11 rings (SSSR count). The molecule has 0 aromatic heterocycles. The van der Waals surface area contributed by atoms with Crippen molar-refractivity contribution >= 4 is 0 Å². The molecule has 11 saturated carbocycles. The first-order valence-electron chi connectivity index (χ1n) is 30.6. The smallest absolute Gasteiger partial charge is 0.0132 e. The summed E-state index contributed by atoms with van der Waals surface area (Å²) in [6.07, 6.45) is 71.8. The molecule has 11 fully saturated rings. The molecule has 10 unspecified atom stereocenters. The van der Waals surface area contributed by atoms with E-state index in [-0.39, 0.29) is 0 Å². The highest BCUT2D eigenvalue weighted by Gasteiger charge is 2.53. The minimum absolute atomic E-state index is 0.874. The monoisotopic (exact) mass is 875 g/mol. The van der Waals surface area contributed by atoms with Crippen molar-refractivity contribution in [2.75, 3.05) is 0 Å². The Labute approximate surface area is 396 Å². The molecule has 64 heavy (non-hydrogen) atoms. The van der Waals surface area contributed by atoms with Gasteiger partial charge in [0.15, 0.2) is 0 Å². The zero-order valence-electron chi connectivity index (χ0n) is 41.9. The van der Waals surface area contributed by atoms with Gasteiger partial charge in [0.1, 0.15) is 0 Å². The molecule has 0 amide bonds. The number of fused-ring (bicyclic) bond motifs is 4. The summed E-state index contributed by atoms with van der Waals surface area (Å²) in [6, 6.07) is 5.44. The molecule has 0 heterocycles. The molecule has 0 bridgehead atoms. The Morgan fingerprint density at radius 3 is 0.891 bits per heavy atom. The van der Waals surface area contributed by atoms with Gasteiger partial charge >= 0.3 is 0 Å². The van der Waals surface area contributed by atoms with Crippen molar-refractivity contribution in [3.05, 3.63) is 24.3 Å². The Morgan fingerprint density at radius 2 is 0.516 bits per heavy atom. The fraction of sp³-hybridized carbons (Fsp3) is 0.935. The standard InChI is InChI=1S/C62H102N2/c1-5-15-45(16-6-1)27-29-47-31-35-57(36-32-47)63(55-21-9-3-10-22-55)61-25-13-19-49-39-51-42-54-44-60-50(40-52(54)41-53(51)43-59(49)61)20-14-26-62(60)64(56-23-11-4-12-24-56)58-37-33-48(34-38-58)30-28-46-17-7-2-8-18-46/h27-30,45-62H,1-26,31-44H2/b29-27+,30-28+. The van der Waals surface area contributed by atoms with Crippen LogP contribution in [0, 0.1) is 71.0 Å². The second-order valence-electron chi connectivity index (χ2n) is 26.5. The van der Waals surface area contributed by atoms with Gasteiger partial charge in [-0.1, -0.05) is 127 Å². The maximum Gasteiger partial charge on any atom is 0.0132 e. The third-order valence-electron chi connectivity index (χ3n) is 22.9. The lowest BCUT2D eigenvalue weighted by atomic mass is 9.50. The van der Waals surface area contributed by atoms with E-state index in [1.807, 2.05) is 0 Å². The van der Waals surface area contributed by atoms with E-state index in [1.165, 1.54) is 180 Å². The van der Waals surface area contributed by atoms with Crippen LogP contribution in [0.5, 0.6) is 0 Å². The summed E-state index contributed by atoms with van der Waals surface area (Å²) in [5.74, 6) is 12.0. The van der Waals surface area contributed by atoms with Crippen LogP contribution in [0.4, 0.5) is 0 Å². The predicted octanol–water partition coefficient (Wildman–Crippen LogP) is 17.1. The van der Waals surface area contributed by atoms with Gasteiger partial charge in [0.25, 0.3) is 0 Å². The van der Waals surface area contributed by atoms with Gasteiger partial charge in [-0.2, -0.15) is 0 Å². The van der Waals surface area contributed by atoms with Crippen molar-refractivity contribution in [2.45, 2.75) is 293 Å². The van der Waals surface area contributed by atoms with Gasteiger partial charge < -0.3 is 0 Å². The van der Waals surface area contributed by atoms with E-state index in [2.05, 4.69) is 34.1 Å². The highest BCUT2D eigenvalue weighted by Crippen LogP contribution is 2.59. The maximum atomic E-state index is 3.38. The second kappa shape index (κ2) is 22.0. The van der Waals surface area contributed by atoms with Crippen molar-refractivity contribution in [3.8, 4) is 0 Å². The predicted molar refractivity (Wildman–Crippen MR) is 271 cm³/mol. The molecule has 360 valence electrons. The number of hydrogen-bond acceptors (Lipinski definition) is 2. The summed E-state index contributed by atoms with van der Waals surface area (Å²) in [7, 11) is 0. The summed E-state index contributed by atoms with van der Waals surface area (Å²) in [5, 5.41) is 0. The van der Waals surface area contributed by atoms with Crippen molar-refractivity contribution in [1.82, 2.24) is 9.80 Å². The molecule has 0 spiro atoms. The molecule has 2 nitrogen and oxygen atoms in total. The summed E-state index contributed by atoms with van der Waals surface area (Å²) in [6.45, 7) is 0. The van der Waals surface area contributed by atoms with Crippen LogP contribution < -0.4 is 0 Å². The van der Waals surface area contributed by atoms with E-state index in [0.717, 1.165) is 107 Å². The minimum atomic E-state index is 0.874. The van der Waals surface area contributed by atoms with Crippen LogP contribution in [0.2, 0.25) is 0 Å². The zero-order valence-corrected chi connectivity index (χ0v) is 41.9. The molecule has 10 atom stereocenters. The van der Waals surface area contributed by atoms with Gasteiger partial charge in [-0.3, -0.25) is 9.80 Å². The number of nitrogens with zero attached hydrogens (tertiary/aromatic N) is 2. The first-order valence-corrected chi connectivity index (χ1v) is 30.6.